The van der Waals surface area contributed by atoms with E-state index >= 15 is 0 Å². The highest BCUT2D eigenvalue weighted by atomic mass is 16.7. The Kier molecular flexibility index (Phi) is 1.86. The van der Waals surface area contributed by atoms with Gasteiger partial charge in [0, 0.05) is 13.1 Å². The molecule has 0 N–H and O–H groups in total. The molecule has 0 bridgehead atoms. The van der Waals surface area contributed by atoms with Crippen LogP contribution in [0.1, 0.15) is 19.8 Å². The second kappa shape index (κ2) is 2.46. The second-order valence-electron chi connectivity index (χ2n) is 2.37. The third-order valence-electron chi connectivity index (χ3n) is 1.68. The molecule has 2 heteroatoms. The lowest BCUT2D eigenvalue weighted by atomic mass is 10.2. The molecule has 1 unspecified atom stereocenters. The summed E-state index contributed by atoms with van der Waals surface area (Å²) in [6.45, 7) is 3.08. The molecule has 0 amide bonds. The average Bonchev–Trinajstić information content (AvgIpc) is 1.77. The van der Waals surface area contributed by atoms with E-state index in [1.807, 2.05) is 12.1 Å². The number of hydroxylamine groups is 2. The van der Waals surface area contributed by atoms with Crippen molar-refractivity contribution in [1.82, 2.24) is 5.06 Å². The van der Waals surface area contributed by atoms with Crippen molar-refractivity contribution in [1.29, 1.82) is 0 Å². The minimum atomic E-state index is 0.615. The molecule has 48 valence electrons. The Balaban J connectivity index is 2.28. The Hall–Kier alpha value is -0.0800. The molecule has 0 saturated carbocycles. The molecule has 1 rings (SSSR count). The molecule has 1 atom stereocenters. The van der Waals surface area contributed by atoms with Gasteiger partial charge in [0.05, 0.1) is 6.61 Å². The summed E-state index contributed by atoms with van der Waals surface area (Å²) in [5, 5.41) is 1.93. The fraction of sp³-hybridized carbons (Fsp3) is 1.00. The molecule has 0 aromatic rings. The highest BCUT2D eigenvalue weighted by Crippen LogP contribution is 2.10. The molecule has 0 aromatic carbocycles. The van der Waals surface area contributed by atoms with Crippen molar-refractivity contribution in [3.05, 3.63) is 0 Å². The minimum Gasteiger partial charge on any atom is -0.299 e. The first kappa shape index (κ1) is 6.05. The molecule has 0 aliphatic carbocycles. The van der Waals surface area contributed by atoms with Gasteiger partial charge < -0.3 is 0 Å². The third-order valence-corrected chi connectivity index (χ3v) is 1.68. The zero-order chi connectivity index (χ0) is 5.98. The molecule has 0 radical (unpaired) electrons. The van der Waals surface area contributed by atoms with E-state index < -0.39 is 0 Å². The fourth-order valence-electron chi connectivity index (χ4n) is 0.896. The summed E-state index contributed by atoms with van der Waals surface area (Å²) in [4.78, 5) is 5.22. The van der Waals surface area contributed by atoms with E-state index in [-0.39, 0.29) is 0 Å². The maximum Gasteiger partial charge on any atom is 0.0685 e. The van der Waals surface area contributed by atoms with Crippen molar-refractivity contribution in [2.45, 2.75) is 25.8 Å². The lowest BCUT2D eigenvalue weighted by Gasteiger charge is -2.28. The van der Waals surface area contributed by atoms with Gasteiger partial charge in [-0.1, -0.05) is 0 Å². The van der Waals surface area contributed by atoms with Gasteiger partial charge in [0.25, 0.3) is 0 Å². The topological polar surface area (TPSA) is 12.5 Å². The standard InChI is InChI=1S/C6H13NO/c1-6-4-3-5-8-7(6)2/h6H,3-5H2,1-2H3. The third kappa shape index (κ3) is 1.20. The van der Waals surface area contributed by atoms with Crippen LogP contribution in [-0.4, -0.2) is 24.8 Å². The van der Waals surface area contributed by atoms with E-state index in [2.05, 4.69) is 6.92 Å². The van der Waals surface area contributed by atoms with Crippen LogP contribution in [-0.2, 0) is 4.84 Å². The first-order valence-corrected chi connectivity index (χ1v) is 3.16. The summed E-state index contributed by atoms with van der Waals surface area (Å²) in [6, 6.07) is 0.615. The quantitative estimate of drug-likeness (QED) is 0.467. The maximum atomic E-state index is 5.22. The van der Waals surface area contributed by atoms with Crippen LogP contribution in [0.3, 0.4) is 0 Å². The van der Waals surface area contributed by atoms with Crippen LogP contribution in [0.25, 0.3) is 0 Å². The summed E-state index contributed by atoms with van der Waals surface area (Å²) >= 11 is 0. The van der Waals surface area contributed by atoms with Crippen molar-refractivity contribution >= 4 is 0 Å². The van der Waals surface area contributed by atoms with Crippen LogP contribution >= 0.6 is 0 Å². The Morgan fingerprint density at radius 2 is 2.38 bits per heavy atom. The molecule has 2 nitrogen and oxygen atoms in total. The molecule has 8 heavy (non-hydrogen) atoms. The Bertz CT molecular complexity index is 64.9. The molecule has 1 aliphatic heterocycles. The van der Waals surface area contributed by atoms with Gasteiger partial charge >= 0.3 is 0 Å². The normalized spacial score (nSPS) is 33.0. The molecule has 0 spiro atoms. The van der Waals surface area contributed by atoms with Crippen molar-refractivity contribution < 1.29 is 4.84 Å². The summed E-state index contributed by atoms with van der Waals surface area (Å²) in [6.07, 6.45) is 2.49. The van der Waals surface area contributed by atoms with Crippen LogP contribution in [0.5, 0.6) is 0 Å². The molecule has 0 aromatic heterocycles. The van der Waals surface area contributed by atoms with Crippen LogP contribution in [0, 0.1) is 0 Å². The van der Waals surface area contributed by atoms with Crippen LogP contribution < -0.4 is 0 Å². The maximum absolute atomic E-state index is 5.22. The fourth-order valence-corrected chi connectivity index (χ4v) is 0.896. The van der Waals surface area contributed by atoms with Gasteiger partial charge in [-0.05, 0) is 19.8 Å². The lowest BCUT2D eigenvalue weighted by molar-refractivity contribution is -0.188. The molecule has 1 aliphatic rings. The zero-order valence-corrected chi connectivity index (χ0v) is 5.55. The van der Waals surface area contributed by atoms with E-state index in [0.29, 0.717) is 6.04 Å². The van der Waals surface area contributed by atoms with Gasteiger partial charge in [-0.15, -0.1) is 0 Å². The summed E-state index contributed by atoms with van der Waals surface area (Å²) < 4.78 is 0. The predicted molar refractivity (Wildman–Crippen MR) is 32.4 cm³/mol. The summed E-state index contributed by atoms with van der Waals surface area (Å²) in [5.41, 5.74) is 0. The highest BCUT2D eigenvalue weighted by Gasteiger charge is 2.13. The van der Waals surface area contributed by atoms with E-state index in [1.165, 1.54) is 12.8 Å². The summed E-state index contributed by atoms with van der Waals surface area (Å²) in [7, 11) is 1.99. The van der Waals surface area contributed by atoms with Crippen LogP contribution in [0.4, 0.5) is 0 Å². The van der Waals surface area contributed by atoms with Gasteiger partial charge in [0.1, 0.15) is 0 Å². The minimum absolute atomic E-state index is 0.615. The SMILES string of the molecule is CC1CCCON1C. The van der Waals surface area contributed by atoms with Crippen molar-refractivity contribution in [2.24, 2.45) is 0 Å². The van der Waals surface area contributed by atoms with Gasteiger partial charge in [0.2, 0.25) is 0 Å². The van der Waals surface area contributed by atoms with Gasteiger partial charge in [0.15, 0.2) is 0 Å². The van der Waals surface area contributed by atoms with E-state index in [0.717, 1.165) is 6.61 Å². The molecule has 1 saturated heterocycles. The van der Waals surface area contributed by atoms with Crippen LogP contribution in [0.15, 0.2) is 0 Å². The number of hydrogen-bond donors (Lipinski definition) is 0. The van der Waals surface area contributed by atoms with Crippen molar-refractivity contribution in [3.63, 3.8) is 0 Å². The highest BCUT2D eigenvalue weighted by molar-refractivity contribution is 4.59. The zero-order valence-electron chi connectivity index (χ0n) is 5.55. The largest absolute Gasteiger partial charge is 0.299 e. The van der Waals surface area contributed by atoms with E-state index in [9.17, 15) is 0 Å². The van der Waals surface area contributed by atoms with Gasteiger partial charge in [-0.25, -0.2) is 0 Å². The number of nitrogens with zero attached hydrogens (tertiary/aromatic N) is 1. The van der Waals surface area contributed by atoms with Crippen molar-refractivity contribution in [3.8, 4) is 0 Å². The molecule has 1 fully saturated rings. The Labute approximate surface area is 50.4 Å². The monoisotopic (exact) mass is 115 g/mol. The first-order valence-electron chi connectivity index (χ1n) is 3.16. The Morgan fingerprint density at radius 3 is 2.75 bits per heavy atom. The predicted octanol–water partition coefficient (Wildman–Crippen LogP) is 1.03. The molecular weight excluding hydrogens is 102 g/mol. The number of hydrogen-bond acceptors (Lipinski definition) is 2. The molecule has 1 heterocycles. The van der Waals surface area contributed by atoms with Crippen LogP contribution in [0.2, 0.25) is 0 Å². The van der Waals surface area contributed by atoms with Gasteiger partial charge in [-0.2, -0.15) is 5.06 Å². The second-order valence-corrected chi connectivity index (χ2v) is 2.37. The average molecular weight is 115 g/mol. The smallest absolute Gasteiger partial charge is 0.0685 e. The Morgan fingerprint density at radius 1 is 1.62 bits per heavy atom. The molecular formula is C6H13NO. The van der Waals surface area contributed by atoms with Gasteiger partial charge in [-0.3, -0.25) is 4.84 Å². The first-order chi connectivity index (χ1) is 3.80. The number of rotatable bonds is 0. The lowest BCUT2D eigenvalue weighted by Crippen LogP contribution is -2.33. The summed E-state index contributed by atoms with van der Waals surface area (Å²) in [5.74, 6) is 0. The van der Waals surface area contributed by atoms with E-state index in [4.69, 9.17) is 4.84 Å². The van der Waals surface area contributed by atoms with E-state index in [1.54, 1.807) is 0 Å². The van der Waals surface area contributed by atoms with Crippen molar-refractivity contribution in [2.75, 3.05) is 13.7 Å².